The Kier molecular flexibility index (Phi) is 7.43. The lowest BCUT2D eigenvalue weighted by molar-refractivity contribution is -0.135. The van der Waals surface area contributed by atoms with E-state index in [1.54, 1.807) is 35.2 Å². The minimum atomic E-state index is -0.515. The highest BCUT2D eigenvalue weighted by molar-refractivity contribution is 8.18. The van der Waals surface area contributed by atoms with E-state index in [0.29, 0.717) is 30.2 Å². The van der Waals surface area contributed by atoms with Gasteiger partial charge in [0.2, 0.25) is 5.91 Å². The largest absolute Gasteiger partial charge is 0.493 e. The highest BCUT2D eigenvalue weighted by Gasteiger charge is 2.37. The molecular weight excluding hydrogens is 483 g/mol. The van der Waals surface area contributed by atoms with Crippen molar-refractivity contribution in [1.29, 1.82) is 0 Å². The maximum absolute atomic E-state index is 14.1. The van der Waals surface area contributed by atoms with Crippen molar-refractivity contribution in [3.05, 3.63) is 63.3 Å². The summed E-state index contributed by atoms with van der Waals surface area (Å²) in [4.78, 5) is 40.4. The first-order valence-electron chi connectivity index (χ1n) is 10.6. The molecule has 2 aliphatic heterocycles. The van der Waals surface area contributed by atoms with E-state index in [9.17, 15) is 18.8 Å². The van der Waals surface area contributed by atoms with Gasteiger partial charge in [0.05, 0.1) is 17.0 Å². The molecule has 34 heavy (non-hydrogen) atoms. The number of halogens is 2. The summed E-state index contributed by atoms with van der Waals surface area (Å²) >= 11 is 6.85. The number of ether oxygens (including phenoxy) is 2. The maximum atomic E-state index is 14.1. The lowest BCUT2D eigenvalue weighted by Crippen LogP contribution is -2.40. The third-order valence-electron chi connectivity index (χ3n) is 5.54. The van der Waals surface area contributed by atoms with Crippen molar-refractivity contribution in [2.75, 3.05) is 26.7 Å². The number of likely N-dealkylation sites (tertiary alicyclic amines) is 1. The van der Waals surface area contributed by atoms with Crippen LogP contribution >= 0.6 is 23.4 Å². The summed E-state index contributed by atoms with van der Waals surface area (Å²) in [5.74, 6) is -0.500. The van der Waals surface area contributed by atoms with Crippen molar-refractivity contribution in [2.24, 2.45) is 0 Å². The molecule has 7 nitrogen and oxygen atoms in total. The predicted octanol–water partition coefficient (Wildman–Crippen LogP) is 4.73. The van der Waals surface area contributed by atoms with E-state index < -0.39 is 17.0 Å². The molecular formula is C24H22ClFN2O5S. The number of carbonyl (C=O) groups excluding carboxylic acids is 3. The summed E-state index contributed by atoms with van der Waals surface area (Å²) in [6.07, 6.45) is 3.41. The van der Waals surface area contributed by atoms with Gasteiger partial charge in [0.15, 0.2) is 11.5 Å². The molecule has 2 heterocycles. The quantitative estimate of drug-likeness (QED) is 0.508. The Morgan fingerprint density at radius 2 is 1.94 bits per heavy atom. The van der Waals surface area contributed by atoms with Gasteiger partial charge in [0.25, 0.3) is 11.1 Å². The molecule has 0 N–H and O–H groups in total. The van der Waals surface area contributed by atoms with Gasteiger partial charge in [0, 0.05) is 18.7 Å². The summed E-state index contributed by atoms with van der Waals surface area (Å²) in [7, 11) is 1.47. The molecule has 0 aromatic heterocycles. The van der Waals surface area contributed by atoms with Gasteiger partial charge in [-0.25, -0.2) is 4.39 Å². The zero-order chi connectivity index (χ0) is 24.2. The number of hydrogen-bond donors (Lipinski definition) is 0. The number of carbonyl (C=O) groups is 3. The van der Waals surface area contributed by atoms with Crippen molar-refractivity contribution in [2.45, 2.75) is 19.4 Å². The molecule has 178 valence electrons. The summed E-state index contributed by atoms with van der Waals surface area (Å²) < 4.78 is 25.2. The molecule has 0 unspecified atom stereocenters. The molecule has 3 amide bonds. The second-order valence-electron chi connectivity index (χ2n) is 7.75. The molecule has 4 rings (SSSR count). The summed E-state index contributed by atoms with van der Waals surface area (Å²) in [6.45, 7) is 0.915. The standard InChI is InChI=1S/C24H22ClFN2O5S/c1-32-19-8-7-15(11-20(19)33-14-16-17(25)5-4-6-18(16)26)12-21-23(30)28(24(31)34-21)13-22(29)27-9-2-3-10-27/h4-8,11-12H,2-3,9-10,13-14H2,1H3/b21-12+. The van der Waals surface area contributed by atoms with Crippen LogP contribution in [0.2, 0.25) is 5.02 Å². The number of amides is 3. The molecule has 0 spiro atoms. The second kappa shape index (κ2) is 10.5. The molecule has 0 saturated carbocycles. The maximum Gasteiger partial charge on any atom is 0.294 e. The van der Waals surface area contributed by atoms with E-state index >= 15 is 0 Å². The average molecular weight is 505 g/mol. The van der Waals surface area contributed by atoms with Gasteiger partial charge in [-0.3, -0.25) is 19.3 Å². The minimum absolute atomic E-state index is 0.125. The van der Waals surface area contributed by atoms with Crippen LogP contribution < -0.4 is 9.47 Å². The molecule has 2 aromatic rings. The van der Waals surface area contributed by atoms with Crippen molar-refractivity contribution in [3.8, 4) is 11.5 Å². The number of benzene rings is 2. The fourth-order valence-electron chi connectivity index (χ4n) is 3.71. The Morgan fingerprint density at radius 3 is 2.65 bits per heavy atom. The highest BCUT2D eigenvalue weighted by atomic mass is 35.5. The van der Waals surface area contributed by atoms with Crippen LogP contribution in [0.3, 0.4) is 0 Å². The van der Waals surface area contributed by atoms with Crippen LogP contribution in [0, 0.1) is 5.82 Å². The van der Waals surface area contributed by atoms with Crippen LogP contribution in [-0.4, -0.2) is 53.6 Å². The number of rotatable bonds is 7. The monoisotopic (exact) mass is 504 g/mol. The normalized spacial score (nSPS) is 17.1. The Labute approximate surface area is 205 Å². The van der Waals surface area contributed by atoms with E-state index in [4.69, 9.17) is 21.1 Å². The van der Waals surface area contributed by atoms with Crippen molar-refractivity contribution in [3.63, 3.8) is 0 Å². The van der Waals surface area contributed by atoms with Crippen molar-refractivity contribution in [1.82, 2.24) is 9.80 Å². The fourth-order valence-corrected chi connectivity index (χ4v) is 4.76. The van der Waals surface area contributed by atoms with E-state index in [0.717, 1.165) is 29.5 Å². The number of imide groups is 1. The zero-order valence-corrected chi connectivity index (χ0v) is 20.0. The number of hydrogen-bond acceptors (Lipinski definition) is 6. The number of nitrogens with zero attached hydrogens (tertiary/aromatic N) is 2. The summed E-state index contributed by atoms with van der Waals surface area (Å²) in [5.41, 5.74) is 0.784. The van der Waals surface area contributed by atoms with E-state index in [1.807, 2.05) is 0 Å². The van der Waals surface area contributed by atoms with Gasteiger partial charge in [-0.1, -0.05) is 23.7 Å². The van der Waals surface area contributed by atoms with Crippen molar-refractivity contribution < 1.29 is 28.2 Å². The SMILES string of the molecule is COc1ccc(/C=C2/SC(=O)N(CC(=O)N3CCCC3)C2=O)cc1OCc1c(F)cccc1Cl. The fraction of sp³-hybridized carbons (Fsp3) is 0.292. The molecule has 10 heteroatoms. The van der Waals surface area contributed by atoms with Gasteiger partial charge in [0.1, 0.15) is 19.0 Å². The smallest absolute Gasteiger partial charge is 0.294 e. The van der Waals surface area contributed by atoms with Gasteiger partial charge in [-0.05, 0) is 60.5 Å². The van der Waals surface area contributed by atoms with Crippen LogP contribution in [0.1, 0.15) is 24.0 Å². The topological polar surface area (TPSA) is 76.2 Å². The first-order valence-corrected chi connectivity index (χ1v) is 11.8. The third kappa shape index (κ3) is 5.20. The molecule has 0 aliphatic carbocycles. The molecule has 2 fully saturated rings. The van der Waals surface area contributed by atoms with Gasteiger partial charge in [-0.15, -0.1) is 0 Å². The highest BCUT2D eigenvalue weighted by Crippen LogP contribution is 2.35. The van der Waals surface area contributed by atoms with E-state index in [-0.39, 0.29) is 34.6 Å². The van der Waals surface area contributed by atoms with Gasteiger partial charge in [-0.2, -0.15) is 0 Å². The predicted molar refractivity (Wildman–Crippen MR) is 127 cm³/mol. The molecule has 2 aliphatic rings. The van der Waals surface area contributed by atoms with Gasteiger partial charge < -0.3 is 14.4 Å². The number of thioether (sulfide) groups is 1. The second-order valence-corrected chi connectivity index (χ2v) is 9.16. The van der Waals surface area contributed by atoms with E-state index in [2.05, 4.69) is 0 Å². The first kappa shape index (κ1) is 24.1. The van der Waals surface area contributed by atoms with Crippen LogP contribution in [0.5, 0.6) is 11.5 Å². The van der Waals surface area contributed by atoms with Crippen LogP contribution in [0.25, 0.3) is 6.08 Å². The zero-order valence-electron chi connectivity index (χ0n) is 18.4. The first-order chi connectivity index (χ1) is 16.4. The minimum Gasteiger partial charge on any atom is -0.493 e. The molecule has 2 saturated heterocycles. The van der Waals surface area contributed by atoms with Crippen LogP contribution in [-0.2, 0) is 16.2 Å². The Balaban J connectivity index is 1.50. The third-order valence-corrected chi connectivity index (χ3v) is 6.81. The van der Waals surface area contributed by atoms with Crippen molar-refractivity contribution >= 4 is 46.5 Å². The Bertz CT molecular complexity index is 1150. The Morgan fingerprint density at radius 1 is 1.18 bits per heavy atom. The summed E-state index contributed by atoms with van der Waals surface area (Å²) in [5, 5.41) is -0.241. The van der Waals surface area contributed by atoms with Crippen LogP contribution in [0.15, 0.2) is 41.3 Å². The van der Waals surface area contributed by atoms with E-state index in [1.165, 1.54) is 19.2 Å². The van der Waals surface area contributed by atoms with Gasteiger partial charge >= 0.3 is 0 Å². The lowest BCUT2D eigenvalue weighted by Gasteiger charge is -2.18. The van der Waals surface area contributed by atoms with Crippen LogP contribution in [0.4, 0.5) is 9.18 Å². The molecule has 0 bridgehead atoms. The average Bonchev–Trinajstić information content (AvgIpc) is 3.44. The molecule has 2 aromatic carbocycles. The molecule has 0 atom stereocenters. The number of methoxy groups -OCH3 is 1. The molecule has 0 radical (unpaired) electrons. The lowest BCUT2D eigenvalue weighted by atomic mass is 10.1. The summed E-state index contributed by atoms with van der Waals surface area (Å²) in [6, 6.07) is 9.34. The Hall–Kier alpha value is -3.04.